The molecule has 0 bridgehead atoms. The fourth-order valence-electron chi connectivity index (χ4n) is 2.15. The second-order valence-corrected chi connectivity index (χ2v) is 4.55. The molecule has 1 aliphatic rings. The summed E-state index contributed by atoms with van der Waals surface area (Å²) in [5.41, 5.74) is 6.23. The molecule has 1 fully saturated rings. The summed E-state index contributed by atoms with van der Waals surface area (Å²) in [6.45, 7) is 1.39. The lowest BCUT2D eigenvalue weighted by Crippen LogP contribution is -2.45. The molecule has 0 saturated carbocycles. The number of aliphatic hydroxyl groups is 1. The summed E-state index contributed by atoms with van der Waals surface area (Å²) in [6, 6.07) is 4.37. The second kappa shape index (κ2) is 6.84. The number of carbonyl (C=O) groups excluding carboxylic acids is 1. The van der Waals surface area contributed by atoms with Crippen LogP contribution >= 0.6 is 12.4 Å². The Balaban J connectivity index is 0.00000180. The minimum atomic E-state index is -1.10. The number of halogens is 2. The first-order valence-electron chi connectivity index (χ1n) is 6.07. The SMILES string of the molecule is Cl.N[C@@H](C(=O)N1CCCC1)[C@@H](O)c1ccc(F)cc1. The lowest BCUT2D eigenvalue weighted by Gasteiger charge is -2.24. The van der Waals surface area contributed by atoms with Gasteiger partial charge in [-0.3, -0.25) is 4.79 Å². The highest BCUT2D eigenvalue weighted by atomic mass is 35.5. The summed E-state index contributed by atoms with van der Waals surface area (Å²) in [4.78, 5) is 13.7. The van der Waals surface area contributed by atoms with E-state index in [0.717, 1.165) is 12.8 Å². The number of aliphatic hydroxyl groups excluding tert-OH is 1. The van der Waals surface area contributed by atoms with Crippen LogP contribution in [0, 0.1) is 5.82 Å². The molecule has 1 aromatic rings. The zero-order valence-corrected chi connectivity index (χ0v) is 11.3. The average molecular weight is 289 g/mol. The normalized spacial score (nSPS) is 17.7. The number of nitrogens with two attached hydrogens (primary N) is 1. The van der Waals surface area contributed by atoms with Crippen molar-refractivity contribution >= 4 is 18.3 Å². The molecule has 1 heterocycles. The molecule has 106 valence electrons. The summed E-state index contributed by atoms with van der Waals surface area (Å²) in [6.07, 6.45) is 0.856. The topological polar surface area (TPSA) is 66.6 Å². The molecular weight excluding hydrogens is 271 g/mol. The Morgan fingerprint density at radius 3 is 2.32 bits per heavy atom. The van der Waals surface area contributed by atoms with Gasteiger partial charge < -0.3 is 15.7 Å². The lowest BCUT2D eigenvalue weighted by atomic mass is 10.0. The van der Waals surface area contributed by atoms with Crippen LogP contribution in [-0.4, -0.2) is 35.0 Å². The van der Waals surface area contributed by atoms with E-state index in [9.17, 15) is 14.3 Å². The zero-order valence-electron chi connectivity index (χ0n) is 10.5. The van der Waals surface area contributed by atoms with Gasteiger partial charge in [-0.1, -0.05) is 12.1 Å². The number of amides is 1. The molecule has 19 heavy (non-hydrogen) atoms. The van der Waals surface area contributed by atoms with Gasteiger partial charge in [-0.2, -0.15) is 0 Å². The second-order valence-electron chi connectivity index (χ2n) is 4.55. The number of likely N-dealkylation sites (tertiary alicyclic amines) is 1. The van der Waals surface area contributed by atoms with Crippen LogP contribution in [0.25, 0.3) is 0 Å². The maximum atomic E-state index is 12.8. The van der Waals surface area contributed by atoms with Crippen molar-refractivity contribution in [2.24, 2.45) is 5.73 Å². The maximum Gasteiger partial charge on any atom is 0.242 e. The van der Waals surface area contributed by atoms with Gasteiger partial charge >= 0.3 is 0 Å². The number of hydrogen-bond acceptors (Lipinski definition) is 3. The minimum absolute atomic E-state index is 0. The molecule has 0 unspecified atom stereocenters. The van der Waals surface area contributed by atoms with Crippen LogP contribution in [0.3, 0.4) is 0 Å². The van der Waals surface area contributed by atoms with E-state index in [1.165, 1.54) is 24.3 Å². The number of carbonyl (C=O) groups is 1. The third-order valence-electron chi connectivity index (χ3n) is 3.25. The quantitative estimate of drug-likeness (QED) is 0.879. The van der Waals surface area contributed by atoms with E-state index in [0.29, 0.717) is 18.7 Å². The first kappa shape index (κ1) is 15.9. The summed E-state index contributed by atoms with van der Waals surface area (Å²) >= 11 is 0. The van der Waals surface area contributed by atoms with Crippen LogP contribution in [0.15, 0.2) is 24.3 Å². The van der Waals surface area contributed by atoms with Crippen LogP contribution < -0.4 is 5.73 Å². The van der Waals surface area contributed by atoms with Crippen LogP contribution in [0.1, 0.15) is 24.5 Å². The molecule has 0 spiro atoms. The highest BCUT2D eigenvalue weighted by Gasteiger charge is 2.29. The number of hydrogen-bond donors (Lipinski definition) is 2. The smallest absolute Gasteiger partial charge is 0.242 e. The Labute approximate surface area is 117 Å². The zero-order chi connectivity index (χ0) is 13.1. The number of benzene rings is 1. The average Bonchev–Trinajstić information content (AvgIpc) is 2.91. The summed E-state index contributed by atoms with van der Waals surface area (Å²) in [5, 5.41) is 10.0. The first-order valence-corrected chi connectivity index (χ1v) is 6.07. The van der Waals surface area contributed by atoms with Gasteiger partial charge in [0.15, 0.2) is 0 Å². The van der Waals surface area contributed by atoms with Crippen LogP contribution in [-0.2, 0) is 4.79 Å². The van der Waals surface area contributed by atoms with Gasteiger partial charge in [-0.25, -0.2) is 4.39 Å². The van der Waals surface area contributed by atoms with Crippen LogP contribution in [0.2, 0.25) is 0 Å². The Kier molecular flexibility index (Phi) is 5.72. The fraction of sp³-hybridized carbons (Fsp3) is 0.462. The minimum Gasteiger partial charge on any atom is -0.386 e. The van der Waals surface area contributed by atoms with Gasteiger partial charge in [-0.05, 0) is 30.5 Å². The van der Waals surface area contributed by atoms with Crippen molar-refractivity contribution in [3.8, 4) is 0 Å². The molecule has 0 aliphatic carbocycles. The van der Waals surface area contributed by atoms with E-state index in [1.807, 2.05) is 0 Å². The molecular formula is C13H18ClFN2O2. The third-order valence-corrected chi connectivity index (χ3v) is 3.25. The molecule has 2 atom stereocenters. The molecule has 3 N–H and O–H groups in total. The molecule has 1 saturated heterocycles. The first-order chi connectivity index (χ1) is 8.59. The highest BCUT2D eigenvalue weighted by molar-refractivity contribution is 5.85. The third kappa shape index (κ3) is 3.65. The standard InChI is InChI=1S/C13H17FN2O2.ClH/c14-10-5-3-9(4-6-10)12(17)11(15)13(18)16-7-1-2-8-16;/h3-6,11-12,17H,1-2,7-8,15H2;1H/t11-,12+;/m1./s1. The van der Waals surface area contributed by atoms with E-state index in [1.54, 1.807) is 4.90 Å². The van der Waals surface area contributed by atoms with Gasteiger partial charge in [0.25, 0.3) is 0 Å². The van der Waals surface area contributed by atoms with E-state index < -0.39 is 12.1 Å². The van der Waals surface area contributed by atoms with Crippen molar-refractivity contribution in [3.05, 3.63) is 35.6 Å². The highest BCUT2D eigenvalue weighted by Crippen LogP contribution is 2.19. The Bertz CT molecular complexity index is 421. The van der Waals surface area contributed by atoms with E-state index in [2.05, 4.69) is 0 Å². The lowest BCUT2D eigenvalue weighted by molar-refractivity contribution is -0.134. The molecule has 0 radical (unpaired) electrons. The summed E-state index contributed by atoms with van der Waals surface area (Å²) in [7, 11) is 0. The van der Waals surface area contributed by atoms with Crippen molar-refractivity contribution in [3.63, 3.8) is 0 Å². The van der Waals surface area contributed by atoms with Gasteiger partial charge in [0.1, 0.15) is 18.0 Å². The summed E-state index contributed by atoms with van der Waals surface area (Å²) < 4.78 is 12.8. The van der Waals surface area contributed by atoms with Gasteiger partial charge in [0, 0.05) is 13.1 Å². The molecule has 2 rings (SSSR count). The summed E-state index contributed by atoms with van der Waals surface area (Å²) in [5.74, 6) is -0.630. The Morgan fingerprint density at radius 2 is 1.79 bits per heavy atom. The Morgan fingerprint density at radius 1 is 1.26 bits per heavy atom. The van der Waals surface area contributed by atoms with Crippen molar-refractivity contribution in [2.45, 2.75) is 25.0 Å². The van der Waals surface area contributed by atoms with Crippen molar-refractivity contribution < 1.29 is 14.3 Å². The predicted molar refractivity (Wildman–Crippen MR) is 72.4 cm³/mol. The molecule has 1 amide bonds. The van der Waals surface area contributed by atoms with E-state index in [-0.39, 0.29) is 24.1 Å². The largest absolute Gasteiger partial charge is 0.386 e. The molecule has 0 aromatic heterocycles. The van der Waals surface area contributed by atoms with E-state index >= 15 is 0 Å². The Hall–Kier alpha value is -1.17. The van der Waals surface area contributed by atoms with Gasteiger partial charge in [-0.15, -0.1) is 12.4 Å². The molecule has 1 aromatic carbocycles. The molecule has 6 heteroatoms. The molecule has 4 nitrogen and oxygen atoms in total. The predicted octanol–water partition coefficient (Wildman–Crippen LogP) is 1.23. The van der Waals surface area contributed by atoms with E-state index in [4.69, 9.17) is 5.73 Å². The number of nitrogens with zero attached hydrogens (tertiary/aromatic N) is 1. The van der Waals surface area contributed by atoms with Crippen LogP contribution in [0.4, 0.5) is 4.39 Å². The monoisotopic (exact) mass is 288 g/mol. The van der Waals surface area contributed by atoms with Crippen molar-refractivity contribution in [1.29, 1.82) is 0 Å². The van der Waals surface area contributed by atoms with Gasteiger partial charge in [0.05, 0.1) is 0 Å². The van der Waals surface area contributed by atoms with Crippen LogP contribution in [0.5, 0.6) is 0 Å². The number of rotatable bonds is 3. The van der Waals surface area contributed by atoms with Crippen molar-refractivity contribution in [2.75, 3.05) is 13.1 Å². The molecule has 1 aliphatic heterocycles. The van der Waals surface area contributed by atoms with Crippen molar-refractivity contribution in [1.82, 2.24) is 4.90 Å². The fourth-order valence-corrected chi connectivity index (χ4v) is 2.15. The van der Waals surface area contributed by atoms with Gasteiger partial charge in [0.2, 0.25) is 5.91 Å². The maximum absolute atomic E-state index is 12.8.